The maximum atomic E-state index is 12.4. The number of halogens is 1. The Morgan fingerprint density at radius 2 is 1.92 bits per heavy atom. The van der Waals surface area contributed by atoms with E-state index in [0.29, 0.717) is 5.56 Å². The lowest BCUT2D eigenvalue weighted by Crippen LogP contribution is -2.36. The van der Waals surface area contributed by atoms with Crippen molar-refractivity contribution in [1.29, 1.82) is 0 Å². The van der Waals surface area contributed by atoms with Gasteiger partial charge in [0, 0.05) is 17.1 Å². The number of sulfonamides is 1. The van der Waals surface area contributed by atoms with Crippen molar-refractivity contribution in [3.63, 3.8) is 0 Å². The monoisotopic (exact) mass is 439 g/mol. The summed E-state index contributed by atoms with van der Waals surface area (Å²) in [6, 6.07) is 11.1. The summed E-state index contributed by atoms with van der Waals surface area (Å²) < 4.78 is 26.5. The van der Waals surface area contributed by atoms with Crippen molar-refractivity contribution in [2.24, 2.45) is 5.10 Å². The molecule has 0 aliphatic rings. The average Bonchev–Trinajstić information content (AvgIpc) is 2.58. The van der Waals surface area contributed by atoms with Crippen LogP contribution in [-0.4, -0.2) is 43.5 Å². The van der Waals surface area contributed by atoms with Crippen molar-refractivity contribution in [3.8, 4) is 5.75 Å². The predicted octanol–water partition coefficient (Wildman–Crippen LogP) is 2.23. The summed E-state index contributed by atoms with van der Waals surface area (Å²) in [5.41, 5.74) is 3.58. The zero-order chi connectivity index (χ0) is 19.3. The molecule has 26 heavy (non-hydrogen) atoms. The molecule has 2 rings (SSSR count). The van der Waals surface area contributed by atoms with Gasteiger partial charge in [0.05, 0.1) is 17.7 Å². The number of likely N-dealkylation sites (N-methyl/N-ethyl adjacent to an activating group) is 1. The van der Waals surface area contributed by atoms with Gasteiger partial charge in [-0.05, 0) is 37.3 Å². The van der Waals surface area contributed by atoms with E-state index in [1.54, 1.807) is 24.3 Å². The van der Waals surface area contributed by atoms with Gasteiger partial charge in [-0.15, -0.1) is 0 Å². The van der Waals surface area contributed by atoms with Crippen LogP contribution in [0.2, 0.25) is 0 Å². The summed E-state index contributed by atoms with van der Waals surface area (Å²) in [5.74, 6) is -0.598. The summed E-state index contributed by atoms with van der Waals surface area (Å²) in [5, 5.41) is 13.4. The number of rotatable bonds is 6. The Bertz CT molecular complexity index is 928. The highest BCUT2D eigenvalue weighted by Gasteiger charge is 2.22. The van der Waals surface area contributed by atoms with Crippen LogP contribution in [-0.2, 0) is 14.8 Å². The van der Waals surface area contributed by atoms with Crippen LogP contribution in [0.3, 0.4) is 0 Å². The van der Waals surface area contributed by atoms with Crippen LogP contribution in [0.15, 0.2) is 56.9 Å². The number of nitrogens with one attached hydrogen (secondary N) is 1. The van der Waals surface area contributed by atoms with E-state index in [1.807, 2.05) is 6.92 Å². The lowest BCUT2D eigenvalue weighted by Gasteiger charge is -2.16. The van der Waals surface area contributed by atoms with Crippen molar-refractivity contribution >= 4 is 38.1 Å². The number of hydrogen-bond donors (Lipinski definition) is 2. The molecule has 2 N–H and O–H groups in total. The minimum absolute atomic E-state index is 0.00488. The fourth-order valence-corrected chi connectivity index (χ4v) is 3.52. The molecule has 1 amide bonds. The number of hydrazone groups is 1. The minimum atomic E-state index is -3.77. The third-order valence-electron chi connectivity index (χ3n) is 3.48. The fraction of sp³-hybridized carbons (Fsp3) is 0.176. The smallest absolute Gasteiger partial charge is 0.255 e. The van der Waals surface area contributed by atoms with Gasteiger partial charge in [-0.2, -0.15) is 9.41 Å². The van der Waals surface area contributed by atoms with Gasteiger partial charge < -0.3 is 5.11 Å². The third-order valence-corrected chi connectivity index (χ3v) is 5.79. The zero-order valence-corrected chi connectivity index (χ0v) is 16.6. The number of hydrogen-bond acceptors (Lipinski definition) is 5. The van der Waals surface area contributed by atoms with Gasteiger partial charge in [0.2, 0.25) is 10.0 Å². The first-order chi connectivity index (χ1) is 12.2. The van der Waals surface area contributed by atoms with Crippen LogP contribution < -0.4 is 5.43 Å². The van der Waals surface area contributed by atoms with E-state index < -0.39 is 22.5 Å². The first-order valence-corrected chi connectivity index (χ1v) is 9.77. The molecule has 0 atom stereocenters. The second kappa shape index (κ2) is 8.43. The molecule has 0 aliphatic heterocycles. The number of nitrogens with zero attached hydrogens (tertiary/aromatic N) is 2. The minimum Gasteiger partial charge on any atom is -0.507 e. The molecule has 7 nitrogen and oxygen atoms in total. The second-order valence-electron chi connectivity index (χ2n) is 5.57. The molecule has 0 heterocycles. The van der Waals surface area contributed by atoms with E-state index in [9.17, 15) is 18.3 Å². The van der Waals surface area contributed by atoms with Gasteiger partial charge in [-0.1, -0.05) is 33.6 Å². The Morgan fingerprint density at radius 1 is 1.27 bits per heavy atom. The Morgan fingerprint density at radius 3 is 2.58 bits per heavy atom. The van der Waals surface area contributed by atoms with E-state index in [0.717, 1.165) is 14.3 Å². The van der Waals surface area contributed by atoms with Gasteiger partial charge in [0.15, 0.2) is 0 Å². The van der Waals surface area contributed by atoms with Crippen LogP contribution in [0, 0.1) is 6.92 Å². The Kier molecular flexibility index (Phi) is 6.52. The third kappa shape index (κ3) is 5.13. The largest absolute Gasteiger partial charge is 0.507 e. The maximum Gasteiger partial charge on any atom is 0.255 e. The van der Waals surface area contributed by atoms with Crippen molar-refractivity contribution in [3.05, 3.63) is 58.1 Å². The van der Waals surface area contributed by atoms with E-state index in [4.69, 9.17) is 0 Å². The molecule has 0 unspecified atom stereocenters. The van der Waals surface area contributed by atoms with Crippen LogP contribution >= 0.6 is 15.9 Å². The lowest BCUT2D eigenvalue weighted by molar-refractivity contribution is -0.121. The normalized spacial score (nSPS) is 11.8. The predicted molar refractivity (Wildman–Crippen MR) is 103 cm³/mol. The molecular formula is C17H18BrN3O4S. The molecule has 0 fully saturated rings. The second-order valence-corrected chi connectivity index (χ2v) is 8.53. The molecule has 0 aromatic heterocycles. The van der Waals surface area contributed by atoms with Crippen molar-refractivity contribution in [1.82, 2.24) is 9.73 Å². The molecule has 0 aliphatic carbocycles. The highest BCUT2D eigenvalue weighted by atomic mass is 79.9. The summed E-state index contributed by atoms with van der Waals surface area (Å²) in [6.45, 7) is 1.46. The van der Waals surface area contributed by atoms with Gasteiger partial charge >= 0.3 is 0 Å². The van der Waals surface area contributed by atoms with Crippen molar-refractivity contribution in [2.45, 2.75) is 11.8 Å². The molecule has 2 aromatic carbocycles. The van der Waals surface area contributed by atoms with Gasteiger partial charge in [0.1, 0.15) is 5.75 Å². The van der Waals surface area contributed by atoms with Gasteiger partial charge in [-0.25, -0.2) is 13.8 Å². The first kappa shape index (κ1) is 20.1. The molecule has 138 valence electrons. The first-order valence-electron chi connectivity index (χ1n) is 7.53. The molecule has 2 aromatic rings. The number of benzene rings is 2. The summed E-state index contributed by atoms with van der Waals surface area (Å²) in [7, 11) is -2.45. The highest BCUT2D eigenvalue weighted by molar-refractivity contribution is 9.10. The quantitative estimate of drug-likeness (QED) is 0.532. The number of aromatic hydroxyl groups is 1. The van der Waals surface area contributed by atoms with Crippen molar-refractivity contribution in [2.75, 3.05) is 13.6 Å². The molecule has 0 spiro atoms. The standard InChI is InChI=1S/C17H18BrN3O4S/c1-12-3-6-15(7-4-12)26(24,25)21(2)11-17(23)20-19-10-13-9-14(18)5-8-16(13)22/h3-10,22H,11H2,1-2H3,(H,20,23). The zero-order valence-electron chi connectivity index (χ0n) is 14.2. The van der Waals surface area contributed by atoms with Gasteiger partial charge in [-0.3, -0.25) is 4.79 Å². The van der Waals surface area contributed by atoms with Crippen LogP contribution in [0.4, 0.5) is 0 Å². The molecule has 0 radical (unpaired) electrons. The van der Waals surface area contributed by atoms with E-state index in [2.05, 4.69) is 26.5 Å². The number of carbonyl (C=O) groups is 1. The topological polar surface area (TPSA) is 99.1 Å². The number of amides is 1. The van der Waals surface area contributed by atoms with Gasteiger partial charge in [0.25, 0.3) is 5.91 Å². The lowest BCUT2D eigenvalue weighted by atomic mass is 10.2. The van der Waals surface area contributed by atoms with Crippen LogP contribution in [0.1, 0.15) is 11.1 Å². The summed E-state index contributed by atoms with van der Waals surface area (Å²) in [4.78, 5) is 12.0. The molecule has 0 saturated heterocycles. The summed E-state index contributed by atoms with van der Waals surface area (Å²) in [6.07, 6.45) is 1.27. The number of carbonyl (C=O) groups excluding carboxylic acids is 1. The fourth-order valence-electron chi connectivity index (χ4n) is 2.02. The van der Waals surface area contributed by atoms with E-state index in [-0.39, 0.29) is 10.6 Å². The number of aryl methyl sites for hydroxylation is 1. The molecule has 0 bridgehead atoms. The number of phenolic OH excluding ortho intramolecular Hbond substituents is 1. The van der Waals surface area contributed by atoms with E-state index in [1.165, 1.54) is 31.5 Å². The Balaban J connectivity index is 1.99. The SMILES string of the molecule is Cc1ccc(S(=O)(=O)N(C)CC(=O)NN=Cc2cc(Br)ccc2O)cc1. The van der Waals surface area contributed by atoms with Crippen molar-refractivity contribution < 1.29 is 18.3 Å². The maximum absolute atomic E-state index is 12.4. The number of phenols is 1. The Labute approximate surface area is 160 Å². The van der Waals surface area contributed by atoms with Crippen LogP contribution in [0.25, 0.3) is 0 Å². The molecule has 9 heteroatoms. The molecule has 0 saturated carbocycles. The van der Waals surface area contributed by atoms with E-state index >= 15 is 0 Å². The summed E-state index contributed by atoms with van der Waals surface area (Å²) >= 11 is 3.26. The Hall–Kier alpha value is -2.23. The molecular weight excluding hydrogens is 422 g/mol. The van der Waals surface area contributed by atoms with Crippen LogP contribution in [0.5, 0.6) is 5.75 Å². The average molecular weight is 440 g/mol. The highest BCUT2D eigenvalue weighted by Crippen LogP contribution is 2.20.